The molecule has 1 N–H and O–H groups in total. The third-order valence-corrected chi connectivity index (χ3v) is 3.64. The maximum Gasteiger partial charge on any atom is 0.283 e. The SMILES string of the molecule is O=C(Nc1ccc(Cl)cc1)C(=S)N1CCCCC1. The lowest BCUT2D eigenvalue weighted by Crippen LogP contribution is -2.41. The summed E-state index contributed by atoms with van der Waals surface area (Å²) >= 11 is 11.0. The maximum atomic E-state index is 12.0. The van der Waals surface area contributed by atoms with Crippen LogP contribution in [0.15, 0.2) is 24.3 Å². The Labute approximate surface area is 117 Å². The number of anilines is 1. The maximum absolute atomic E-state index is 12.0. The second-order valence-corrected chi connectivity index (χ2v) is 5.14. The molecule has 0 radical (unpaired) electrons. The van der Waals surface area contributed by atoms with Gasteiger partial charge < -0.3 is 10.2 Å². The van der Waals surface area contributed by atoms with Crippen molar-refractivity contribution in [3.8, 4) is 0 Å². The molecule has 96 valence electrons. The van der Waals surface area contributed by atoms with Crippen molar-refractivity contribution in [2.24, 2.45) is 0 Å². The minimum Gasteiger partial charge on any atom is -0.358 e. The van der Waals surface area contributed by atoms with Gasteiger partial charge in [0, 0.05) is 23.8 Å². The van der Waals surface area contributed by atoms with Gasteiger partial charge in [0.25, 0.3) is 5.91 Å². The lowest BCUT2D eigenvalue weighted by molar-refractivity contribution is -0.110. The summed E-state index contributed by atoms with van der Waals surface area (Å²) in [6.45, 7) is 1.76. The Balaban J connectivity index is 1.94. The summed E-state index contributed by atoms with van der Waals surface area (Å²) in [7, 11) is 0. The molecule has 1 fully saturated rings. The summed E-state index contributed by atoms with van der Waals surface area (Å²) in [5.74, 6) is -0.214. The van der Waals surface area contributed by atoms with Crippen LogP contribution in [-0.2, 0) is 4.79 Å². The Hall–Kier alpha value is -1.13. The summed E-state index contributed by atoms with van der Waals surface area (Å²) in [5, 5.41) is 3.43. The average Bonchev–Trinajstić information content (AvgIpc) is 2.41. The molecule has 5 heteroatoms. The molecule has 18 heavy (non-hydrogen) atoms. The van der Waals surface area contributed by atoms with Crippen molar-refractivity contribution in [2.45, 2.75) is 19.3 Å². The van der Waals surface area contributed by atoms with Gasteiger partial charge in [-0.3, -0.25) is 4.79 Å². The van der Waals surface area contributed by atoms with Crippen molar-refractivity contribution < 1.29 is 4.79 Å². The number of carbonyl (C=O) groups excluding carboxylic acids is 1. The van der Waals surface area contributed by atoms with Crippen molar-refractivity contribution in [3.63, 3.8) is 0 Å². The van der Waals surface area contributed by atoms with Crippen LogP contribution in [-0.4, -0.2) is 28.9 Å². The fraction of sp³-hybridized carbons (Fsp3) is 0.385. The lowest BCUT2D eigenvalue weighted by Gasteiger charge is -2.28. The van der Waals surface area contributed by atoms with Crippen LogP contribution in [0, 0.1) is 0 Å². The molecular formula is C13H15ClN2OS. The normalized spacial score (nSPS) is 15.3. The highest BCUT2D eigenvalue weighted by atomic mass is 35.5. The van der Waals surface area contributed by atoms with Crippen LogP contribution in [0.25, 0.3) is 0 Å². The van der Waals surface area contributed by atoms with Crippen molar-refractivity contribution >= 4 is 40.4 Å². The third kappa shape index (κ3) is 3.43. The van der Waals surface area contributed by atoms with Gasteiger partial charge in [-0.15, -0.1) is 0 Å². The smallest absolute Gasteiger partial charge is 0.283 e. The molecule has 0 atom stereocenters. The molecule has 0 saturated carbocycles. The van der Waals surface area contributed by atoms with Gasteiger partial charge in [0.1, 0.15) is 0 Å². The Morgan fingerprint density at radius 3 is 2.39 bits per heavy atom. The average molecular weight is 283 g/mol. The van der Waals surface area contributed by atoms with E-state index in [1.807, 2.05) is 4.90 Å². The first kappa shape index (κ1) is 13.3. The Kier molecular flexibility index (Phi) is 4.55. The van der Waals surface area contributed by atoms with E-state index in [0.29, 0.717) is 15.7 Å². The molecular weight excluding hydrogens is 268 g/mol. The number of carbonyl (C=O) groups is 1. The molecule has 1 saturated heterocycles. The number of thiocarbonyl (C=S) groups is 1. The molecule has 1 heterocycles. The topological polar surface area (TPSA) is 32.3 Å². The van der Waals surface area contributed by atoms with Gasteiger partial charge in [-0.25, -0.2) is 0 Å². The zero-order valence-corrected chi connectivity index (χ0v) is 11.6. The van der Waals surface area contributed by atoms with Crippen molar-refractivity contribution in [3.05, 3.63) is 29.3 Å². The molecule has 2 rings (SSSR count). The largest absolute Gasteiger partial charge is 0.358 e. The monoisotopic (exact) mass is 282 g/mol. The fourth-order valence-electron chi connectivity index (χ4n) is 1.96. The highest BCUT2D eigenvalue weighted by Crippen LogP contribution is 2.14. The summed E-state index contributed by atoms with van der Waals surface area (Å²) in [5.41, 5.74) is 0.712. The van der Waals surface area contributed by atoms with E-state index >= 15 is 0 Å². The van der Waals surface area contributed by atoms with Crippen LogP contribution in [0.4, 0.5) is 5.69 Å². The quantitative estimate of drug-likeness (QED) is 0.804. The number of hydrogen-bond acceptors (Lipinski definition) is 2. The van der Waals surface area contributed by atoms with E-state index in [1.165, 1.54) is 6.42 Å². The van der Waals surface area contributed by atoms with E-state index < -0.39 is 0 Å². The number of halogens is 1. The first-order valence-corrected chi connectivity index (χ1v) is 6.81. The number of nitrogens with one attached hydrogen (secondary N) is 1. The zero-order chi connectivity index (χ0) is 13.0. The number of piperidine rings is 1. The molecule has 0 spiro atoms. The van der Waals surface area contributed by atoms with Crippen molar-refractivity contribution in [1.29, 1.82) is 0 Å². The molecule has 3 nitrogen and oxygen atoms in total. The molecule has 1 amide bonds. The van der Waals surface area contributed by atoms with Crippen molar-refractivity contribution in [1.82, 2.24) is 4.90 Å². The summed E-state index contributed by atoms with van der Waals surface area (Å²) in [6, 6.07) is 7.00. The van der Waals surface area contributed by atoms with E-state index in [-0.39, 0.29) is 5.91 Å². The summed E-state index contributed by atoms with van der Waals surface area (Å²) in [4.78, 5) is 14.3. The predicted octanol–water partition coefficient (Wildman–Crippen LogP) is 3.09. The Morgan fingerprint density at radius 2 is 1.78 bits per heavy atom. The van der Waals surface area contributed by atoms with Gasteiger partial charge in [0.15, 0.2) is 4.99 Å². The van der Waals surface area contributed by atoms with Gasteiger partial charge in [-0.2, -0.15) is 0 Å². The van der Waals surface area contributed by atoms with Crippen molar-refractivity contribution in [2.75, 3.05) is 18.4 Å². The number of rotatable bonds is 1. The first-order valence-electron chi connectivity index (χ1n) is 6.02. The number of hydrogen-bond donors (Lipinski definition) is 1. The van der Waals surface area contributed by atoms with Gasteiger partial charge in [-0.05, 0) is 43.5 Å². The minimum atomic E-state index is -0.214. The van der Waals surface area contributed by atoms with E-state index in [2.05, 4.69) is 5.32 Å². The summed E-state index contributed by atoms with van der Waals surface area (Å²) in [6.07, 6.45) is 3.43. The van der Waals surface area contributed by atoms with E-state index in [4.69, 9.17) is 23.8 Å². The number of benzene rings is 1. The Bertz CT molecular complexity index is 441. The lowest BCUT2D eigenvalue weighted by atomic mass is 10.1. The predicted molar refractivity (Wildman–Crippen MR) is 78.1 cm³/mol. The van der Waals surface area contributed by atoms with Crippen LogP contribution in [0.2, 0.25) is 5.02 Å². The molecule has 1 aromatic rings. The van der Waals surface area contributed by atoms with Gasteiger partial charge in [0.2, 0.25) is 0 Å². The molecule has 0 bridgehead atoms. The van der Waals surface area contributed by atoms with Crippen LogP contribution in [0.5, 0.6) is 0 Å². The zero-order valence-electron chi connectivity index (χ0n) is 9.99. The second kappa shape index (κ2) is 6.16. The van der Waals surface area contributed by atoms with Gasteiger partial charge in [-0.1, -0.05) is 23.8 Å². The minimum absolute atomic E-state index is 0.214. The van der Waals surface area contributed by atoms with Crippen LogP contribution < -0.4 is 5.32 Å². The second-order valence-electron chi connectivity index (χ2n) is 4.31. The van der Waals surface area contributed by atoms with Gasteiger partial charge >= 0.3 is 0 Å². The van der Waals surface area contributed by atoms with Crippen LogP contribution >= 0.6 is 23.8 Å². The number of nitrogens with zero attached hydrogens (tertiary/aromatic N) is 1. The van der Waals surface area contributed by atoms with E-state index in [0.717, 1.165) is 25.9 Å². The highest BCUT2D eigenvalue weighted by Gasteiger charge is 2.19. The standard InChI is InChI=1S/C13H15ClN2OS/c14-10-4-6-11(7-5-10)15-12(17)13(18)16-8-2-1-3-9-16/h4-7H,1-3,8-9H2,(H,15,17). The number of likely N-dealkylation sites (tertiary alicyclic amines) is 1. The Morgan fingerprint density at radius 1 is 1.17 bits per heavy atom. The van der Waals surface area contributed by atoms with E-state index in [9.17, 15) is 4.79 Å². The van der Waals surface area contributed by atoms with Crippen LogP contribution in [0.1, 0.15) is 19.3 Å². The molecule has 0 unspecified atom stereocenters. The molecule has 0 aromatic heterocycles. The molecule has 1 aliphatic heterocycles. The summed E-state index contributed by atoms with van der Waals surface area (Å²) < 4.78 is 0. The molecule has 1 aliphatic rings. The first-order chi connectivity index (χ1) is 8.66. The fourth-order valence-corrected chi connectivity index (χ4v) is 2.32. The third-order valence-electron chi connectivity index (χ3n) is 2.94. The van der Waals surface area contributed by atoms with E-state index in [1.54, 1.807) is 24.3 Å². The van der Waals surface area contributed by atoms with Crippen LogP contribution in [0.3, 0.4) is 0 Å². The number of amides is 1. The highest BCUT2D eigenvalue weighted by molar-refractivity contribution is 7.82. The molecule has 0 aliphatic carbocycles. The van der Waals surface area contributed by atoms with Gasteiger partial charge in [0.05, 0.1) is 0 Å². The molecule has 1 aromatic carbocycles.